The minimum absolute atomic E-state index is 0.220. The fourth-order valence-electron chi connectivity index (χ4n) is 2.88. The number of aromatic nitrogens is 3. The highest BCUT2D eigenvalue weighted by molar-refractivity contribution is 5.51. The Morgan fingerprint density at radius 1 is 1.33 bits per heavy atom. The number of nitro groups is 1. The Kier molecular flexibility index (Phi) is 4.88. The largest absolute Gasteiger partial charge is 0.434 e. The molecule has 0 saturated carbocycles. The second kappa shape index (κ2) is 7.25. The number of anilines is 1. The van der Waals surface area contributed by atoms with E-state index in [1.165, 1.54) is 23.2 Å². The van der Waals surface area contributed by atoms with Gasteiger partial charge in [0.05, 0.1) is 5.10 Å². The molecule has 7 nitrogen and oxygen atoms in total. The number of benzene rings is 1. The smallest absolute Gasteiger partial charge is 0.361 e. The van der Waals surface area contributed by atoms with Crippen molar-refractivity contribution in [3.05, 3.63) is 51.6 Å². The Morgan fingerprint density at radius 3 is 2.92 bits per heavy atom. The van der Waals surface area contributed by atoms with Crippen molar-refractivity contribution in [2.75, 3.05) is 11.9 Å². The third kappa shape index (κ3) is 3.79. The lowest BCUT2D eigenvalue weighted by Gasteiger charge is -2.12. The van der Waals surface area contributed by atoms with Crippen molar-refractivity contribution in [3.63, 3.8) is 0 Å². The summed E-state index contributed by atoms with van der Waals surface area (Å²) in [6.07, 6.45) is 7.92. The van der Waals surface area contributed by atoms with Gasteiger partial charge in [0.2, 0.25) is 0 Å². The maximum Gasteiger partial charge on any atom is 0.434 e. The highest BCUT2D eigenvalue weighted by Crippen LogP contribution is 2.23. The van der Waals surface area contributed by atoms with E-state index in [0.29, 0.717) is 12.2 Å². The van der Waals surface area contributed by atoms with E-state index in [0.717, 1.165) is 24.8 Å². The molecule has 0 bridgehead atoms. The van der Waals surface area contributed by atoms with Gasteiger partial charge in [0.25, 0.3) is 5.82 Å². The second-order valence-electron chi connectivity index (χ2n) is 6.04. The first-order valence-electron chi connectivity index (χ1n) is 8.24. The number of aryl methyl sites for hydroxylation is 1. The van der Waals surface area contributed by atoms with Gasteiger partial charge in [-0.15, -0.1) is 5.10 Å². The molecule has 24 heavy (non-hydrogen) atoms. The molecule has 1 heterocycles. The van der Waals surface area contributed by atoms with E-state index in [1.807, 2.05) is 31.2 Å². The summed E-state index contributed by atoms with van der Waals surface area (Å²) in [5, 5.41) is 22.6. The molecule has 1 N–H and O–H groups in total. The molecule has 0 amide bonds. The van der Waals surface area contributed by atoms with Gasteiger partial charge in [0, 0.05) is 6.54 Å². The zero-order valence-electron chi connectivity index (χ0n) is 13.7. The van der Waals surface area contributed by atoms with Crippen molar-refractivity contribution in [1.29, 1.82) is 0 Å². The fraction of sp³-hybridized carbons (Fsp3) is 0.412. The molecule has 7 heteroatoms. The van der Waals surface area contributed by atoms with Gasteiger partial charge in [-0.1, -0.05) is 28.6 Å². The van der Waals surface area contributed by atoms with Crippen LogP contribution in [0.3, 0.4) is 0 Å². The zero-order chi connectivity index (χ0) is 16.9. The minimum atomic E-state index is -0.499. The van der Waals surface area contributed by atoms with Crippen LogP contribution in [0.1, 0.15) is 37.7 Å². The van der Waals surface area contributed by atoms with Gasteiger partial charge in [-0.25, -0.2) is 0 Å². The quantitative estimate of drug-likeness (QED) is 0.495. The van der Waals surface area contributed by atoms with E-state index in [1.54, 1.807) is 0 Å². The molecule has 0 aliphatic heterocycles. The third-order valence-electron chi connectivity index (χ3n) is 4.13. The van der Waals surface area contributed by atoms with Crippen LogP contribution in [0.15, 0.2) is 35.9 Å². The lowest BCUT2D eigenvalue weighted by atomic mass is 9.97. The molecular weight excluding hydrogens is 306 g/mol. The molecule has 126 valence electrons. The summed E-state index contributed by atoms with van der Waals surface area (Å²) < 4.78 is 0. The van der Waals surface area contributed by atoms with Crippen LogP contribution in [-0.4, -0.2) is 26.5 Å². The van der Waals surface area contributed by atoms with E-state index < -0.39 is 4.92 Å². The van der Waals surface area contributed by atoms with E-state index >= 15 is 0 Å². The summed E-state index contributed by atoms with van der Waals surface area (Å²) >= 11 is 0. The van der Waals surface area contributed by atoms with Crippen molar-refractivity contribution in [2.45, 2.75) is 39.0 Å². The standard InChI is InChI=1S/C17H21N5O2/c1-13-6-5-9-15(12-13)21-19-16(17(20-21)22(23)24)18-11-10-14-7-3-2-4-8-14/h5-7,9,12H,2-4,8,10-11H2,1H3,(H,18,19). The number of hydrogen-bond acceptors (Lipinski definition) is 5. The van der Waals surface area contributed by atoms with Crippen LogP contribution in [-0.2, 0) is 0 Å². The van der Waals surface area contributed by atoms with Crippen LogP contribution in [0.2, 0.25) is 0 Å². The third-order valence-corrected chi connectivity index (χ3v) is 4.13. The van der Waals surface area contributed by atoms with Crippen LogP contribution in [0.25, 0.3) is 5.69 Å². The molecule has 1 aliphatic rings. The van der Waals surface area contributed by atoms with Crippen molar-refractivity contribution in [1.82, 2.24) is 15.0 Å². The zero-order valence-corrected chi connectivity index (χ0v) is 13.7. The molecule has 1 aromatic heterocycles. The lowest BCUT2D eigenvalue weighted by Crippen LogP contribution is -2.06. The highest BCUT2D eigenvalue weighted by Gasteiger charge is 2.23. The van der Waals surface area contributed by atoms with Crippen LogP contribution in [0.4, 0.5) is 11.6 Å². The Bertz CT molecular complexity index is 766. The van der Waals surface area contributed by atoms with Crippen molar-refractivity contribution >= 4 is 11.6 Å². The van der Waals surface area contributed by atoms with Crippen LogP contribution in [0, 0.1) is 17.0 Å². The highest BCUT2D eigenvalue weighted by atomic mass is 16.6. The summed E-state index contributed by atoms with van der Waals surface area (Å²) in [5.41, 5.74) is 3.18. The van der Waals surface area contributed by atoms with E-state index in [2.05, 4.69) is 21.6 Å². The minimum Gasteiger partial charge on any atom is -0.361 e. The average molecular weight is 327 g/mol. The van der Waals surface area contributed by atoms with Gasteiger partial charge >= 0.3 is 5.82 Å². The molecule has 1 aromatic carbocycles. The molecule has 2 aromatic rings. The Balaban J connectivity index is 1.74. The van der Waals surface area contributed by atoms with Gasteiger partial charge in [-0.2, -0.15) is 0 Å². The van der Waals surface area contributed by atoms with Gasteiger partial charge in [0.15, 0.2) is 0 Å². The van der Waals surface area contributed by atoms with Gasteiger partial charge in [-0.05, 0) is 61.6 Å². The van der Waals surface area contributed by atoms with Crippen LogP contribution < -0.4 is 5.32 Å². The number of allylic oxidation sites excluding steroid dienone is 1. The molecule has 3 rings (SSSR count). The first kappa shape index (κ1) is 16.2. The van der Waals surface area contributed by atoms with Gasteiger partial charge < -0.3 is 15.4 Å². The summed E-state index contributed by atoms with van der Waals surface area (Å²) in [4.78, 5) is 12.1. The Morgan fingerprint density at radius 2 is 2.21 bits per heavy atom. The van der Waals surface area contributed by atoms with Gasteiger partial charge in [0.1, 0.15) is 5.69 Å². The fourth-order valence-corrected chi connectivity index (χ4v) is 2.88. The number of nitrogens with one attached hydrogen (secondary N) is 1. The predicted octanol–water partition coefficient (Wildman–Crippen LogP) is 3.79. The summed E-state index contributed by atoms with van der Waals surface area (Å²) in [6, 6.07) is 7.55. The van der Waals surface area contributed by atoms with Crippen molar-refractivity contribution in [2.24, 2.45) is 0 Å². The van der Waals surface area contributed by atoms with E-state index in [9.17, 15) is 10.1 Å². The Hall–Kier alpha value is -2.70. The van der Waals surface area contributed by atoms with Crippen LogP contribution in [0.5, 0.6) is 0 Å². The SMILES string of the molecule is Cc1cccc(-n2nc(NCCC3=CCCCC3)c([N+](=O)[O-])n2)c1. The summed E-state index contributed by atoms with van der Waals surface area (Å²) in [6.45, 7) is 2.58. The average Bonchev–Trinajstić information content (AvgIpc) is 3.00. The lowest BCUT2D eigenvalue weighted by molar-refractivity contribution is -0.388. The first-order chi connectivity index (χ1) is 11.6. The molecule has 0 atom stereocenters. The topological polar surface area (TPSA) is 85.9 Å². The molecular formula is C17H21N5O2. The van der Waals surface area contributed by atoms with E-state index in [4.69, 9.17) is 0 Å². The summed E-state index contributed by atoms with van der Waals surface area (Å²) in [5.74, 6) is -0.0213. The maximum absolute atomic E-state index is 11.2. The molecule has 1 aliphatic carbocycles. The Labute approximate surface area is 140 Å². The van der Waals surface area contributed by atoms with Crippen molar-refractivity contribution in [3.8, 4) is 5.69 Å². The second-order valence-corrected chi connectivity index (χ2v) is 6.04. The van der Waals surface area contributed by atoms with Gasteiger partial charge in [-0.3, -0.25) is 0 Å². The van der Waals surface area contributed by atoms with E-state index in [-0.39, 0.29) is 11.6 Å². The normalized spacial score (nSPS) is 14.3. The number of nitrogens with zero attached hydrogens (tertiary/aromatic N) is 4. The summed E-state index contributed by atoms with van der Waals surface area (Å²) in [7, 11) is 0. The molecule has 0 saturated heterocycles. The molecule has 0 radical (unpaired) electrons. The van der Waals surface area contributed by atoms with Crippen LogP contribution >= 0.6 is 0 Å². The molecule has 0 fully saturated rings. The number of hydrogen-bond donors (Lipinski definition) is 1. The number of rotatable bonds is 6. The predicted molar refractivity (Wildman–Crippen MR) is 92.4 cm³/mol. The maximum atomic E-state index is 11.2. The molecule has 0 unspecified atom stereocenters. The molecule has 0 spiro atoms. The first-order valence-corrected chi connectivity index (χ1v) is 8.24. The monoisotopic (exact) mass is 327 g/mol. The van der Waals surface area contributed by atoms with Crippen molar-refractivity contribution < 1.29 is 4.92 Å².